The van der Waals surface area contributed by atoms with E-state index in [9.17, 15) is 13.2 Å². The first-order chi connectivity index (χ1) is 15.1. The Kier molecular flexibility index (Phi) is 6.79. The van der Waals surface area contributed by atoms with Crippen molar-refractivity contribution in [2.24, 2.45) is 0 Å². The molecule has 3 rings (SSSR count). The molecule has 11 heteroatoms. The molecule has 0 spiro atoms. The van der Waals surface area contributed by atoms with Crippen molar-refractivity contribution in [2.75, 3.05) is 18.4 Å². The van der Waals surface area contributed by atoms with Crippen molar-refractivity contribution >= 4 is 27.4 Å². The summed E-state index contributed by atoms with van der Waals surface area (Å²) in [7, 11) is -3.72. The molecule has 1 aromatic carbocycles. The SMILES string of the molecule is CCN(CC)S(=O)(=O)c1ccc(OC(C)C)c(NC(=O)c2nc3nc(C)cc(C)n3n2)c1. The number of carbonyl (C=O) groups excluding carboxylic acids is 1. The van der Waals surface area contributed by atoms with E-state index in [1.54, 1.807) is 13.8 Å². The van der Waals surface area contributed by atoms with Gasteiger partial charge in [-0.25, -0.2) is 17.9 Å². The zero-order valence-corrected chi connectivity index (χ0v) is 19.9. The zero-order valence-electron chi connectivity index (χ0n) is 19.1. The lowest BCUT2D eigenvalue weighted by atomic mass is 10.2. The molecule has 0 aliphatic rings. The molecule has 0 fully saturated rings. The number of aromatic nitrogens is 4. The number of anilines is 1. The summed E-state index contributed by atoms with van der Waals surface area (Å²) in [5, 5.41) is 6.93. The van der Waals surface area contributed by atoms with Gasteiger partial charge in [-0.2, -0.15) is 9.29 Å². The van der Waals surface area contributed by atoms with Gasteiger partial charge in [0.25, 0.3) is 11.7 Å². The van der Waals surface area contributed by atoms with Crippen LogP contribution in [0.4, 0.5) is 5.69 Å². The molecule has 0 saturated carbocycles. The highest BCUT2D eigenvalue weighted by atomic mass is 32.2. The van der Waals surface area contributed by atoms with Crippen LogP contribution in [0.1, 0.15) is 49.7 Å². The fraction of sp³-hybridized carbons (Fsp3) is 0.429. The van der Waals surface area contributed by atoms with E-state index in [4.69, 9.17) is 4.74 Å². The summed E-state index contributed by atoms with van der Waals surface area (Å²) < 4.78 is 34.5. The molecule has 172 valence electrons. The summed E-state index contributed by atoms with van der Waals surface area (Å²) in [6.07, 6.45) is -0.181. The molecule has 0 atom stereocenters. The molecule has 0 unspecified atom stereocenters. The zero-order chi connectivity index (χ0) is 23.6. The van der Waals surface area contributed by atoms with Gasteiger partial charge in [-0.3, -0.25) is 4.79 Å². The third kappa shape index (κ3) is 4.73. The Balaban J connectivity index is 2.01. The van der Waals surface area contributed by atoms with E-state index in [1.165, 1.54) is 27.0 Å². The first-order valence-corrected chi connectivity index (χ1v) is 11.8. The summed E-state index contributed by atoms with van der Waals surface area (Å²) >= 11 is 0. The molecule has 3 aromatic rings. The second-order valence-electron chi connectivity index (χ2n) is 7.55. The third-order valence-corrected chi connectivity index (χ3v) is 6.77. The highest BCUT2D eigenvalue weighted by Gasteiger charge is 2.24. The molecule has 0 aliphatic carbocycles. The molecule has 0 saturated heterocycles. The highest BCUT2D eigenvalue weighted by Crippen LogP contribution is 2.30. The van der Waals surface area contributed by atoms with Crippen molar-refractivity contribution in [2.45, 2.75) is 52.5 Å². The van der Waals surface area contributed by atoms with Crippen LogP contribution in [0.15, 0.2) is 29.2 Å². The Morgan fingerprint density at radius 1 is 1.16 bits per heavy atom. The van der Waals surface area contributed by atoms with Crippen LogP contribution < -0.4 is 10.1 Å². The molecular formula is C21H28N6O4S. The maximum atomic E-state index is 13.0. The number of hydrogen-bond donors (Lipinski definition) is 1. The molecule has 0 aliphatic heterocycles. The normalized spacial score (nSPS) is 12.0. The molecule has 1 amide bonds. The minimum absolute atomic E-state index is 0.0590. The smallest absolute Gasteiger partial charge is 0.295 e. The van der Waals surface area contributed by atoms with Crippen molar-refractivity contribution in [1.29, 1.82) is 0 Å². The van der Waals surface area contributed by atoms with Gasteiger partial charge in [0.15, 0.2) is 0 Å². The average Bonchev–Trinajstić information content (AvgIpc) is 3.14. The van der Waals surface area contributed by atoms with Gasteiger partial charge in [0.2, 0.25) is 15.8 Å². The maximum absolute atomic E-state index is 13.0. The molecular weight excluding hydrogens is 432 g/mol. The molecule has 2 heterocycles. The van der Waals surface area contributed by atoms with Crippen LogP contribution in [0.2, 0.25) is 0 Å². The molecule has 2 aromatic heterocycles. The lowest BCUT2D eigenvalue weighted by Gasteiger charge is -2.20. The van der Waals surface area contributed by atoms with E-state index in [-0.39, 0.29) is 22.5 Å². The van der Waals surface area contributed by atoms with Crippen LogP contribution in [-0.4, -0.2) is 57.4 Å². The Bertz CT molecular complexity index is 1250. The number of rotatable bonds is 8. The van der Waals surface area contributed by atoms with Crippen molar-refractivity contribution in [3.8, 4) is 5.75 Å². The molecule has 1 N–H and O–H groups in total. The number of benzene rings is 1. The van der Waals surface area contributed by atoms with E-state index >= 15 is 0 Å². The summed E-state index contributed by atoms with van der Waals surface area (Å²) in [4.78, 5) is 21.5. The van der Waals surface area contributed by atoms with Crippen LogP contribution in [0, 0.1) is 13.8 Å². The van der Waals surface area contributed by atoms with E-state index in [0.717, 1.165) is 11.4 Å². The topological polar surface area (TPSA) is 119 Å². The first kappa shape index (κ1) is 23.6. The number of amides is 1. The number of fused-ring (bicyclic) bond motifs is 1. The van der Waals surface area contributed by atoms with E-state index in [2.05, 4.69) is 20.4 Å². The van der Waals surface area contributed by atoms with Crippen molar-refractivity contribution in [1.82, 2.24) is 23.9 Å². The maximum Gasteiger partial charge on any atom is 0.295 e. The quantitative estimate of drug-likeness (QED) is 0.549. The van der Waals surface area contributed by atoms with Crippen LogP contribution in [-0.2, 0) is 10.0 Å². The van der Waals surface area contributed by atoms with Gasteiger partial charge in [-0.05, 0) is 52.0 Å². The van der Waals surface area contributed by atoms with Crippen molar-refractivity contribution < 1.29 is 17.9 Å². The minimum Gasteiger partial charge on any atom is -0.489 e. The van der Waals surface area contributed by atoms with Gasteiger partial charge in [0.05, 0.1) is 16.7 Å². The summed E-state index contributed by atoms with van der Waals surface area (Å²) in [5.74, 6) is -0.0258. The van der Waals surface area contributed by atoms with Gasteiger partial charge >= 0.3 is 0 Å². The fourth-order valence-electron chi connectivity index (χ4n) is 3.28. The van der Waals surface area contributed by atoms with Crippen molar-refractivity contribution in [3.63, 3.8) is 0 Å². The second kappa shape index (κ2) is 9.21. The molecule has 0 radical (unpaired) electrons. The molecule has 10 nitrogen and oxygen atoms in total. The average molecular weight is 461 g/mol. The number of nitrogens with zero attached hydrogens (tertiary/aromatic N) is 5. The van der Waals surface area contributed by atoms with Gasteiger partial charge in [-0.15, -0.1) is 5.10 Å². The number of carbonyl (C=O) groups is 1. The van der Waals surface area contributed by atoms with Crippen LogP contribution in [0.5, 0.6) is 5.75 Å². The monoisotopic (exact) mass is 460 g/mol. The molecule has 0 bridgehead atoms. The van der Waals surface area contributed by atoms with Gasteiger partial charge in [-0.1, -0.05) is 13.8 Å². The summed E-state index contributed by atoms with van der Waals surface area (Å²) in [6, 6.07) is 6.24. The van der Waals surface area contributed by atoms with Crippen LogP contribution in [0.3, 0.4) is 0 Å². The predicted octanol–water partition coefficient (Wildman–Crippen LogP) is 2.81. The number of hydrogen-bond acceptors (Lipinski definition) is 7. The summed E-state index contributed by atoms with van der Waals surface area (Å²) in [6.45, 7) is 11.6. The van der Waals surface area contributed by atoms with Gasteiger partial charge in [0.1, 0.15) is 5.75 Å². The Labute approximate surface area is 187 Å². The van der Waals surface area contributed by atoms with Gasteiger partial charge < -0.3 is 10.1 Å². The Hall–Kier alpha value is -3.05. The third-order valence-electron chi connectivity index (χ3n) is 4.73. The minimum atomic E-state index is -3.72. The standard InChI is InChI=1S/C21H28N6O4S/c1-7-26(8-2)32(29,30)16-9-10-18(31-13(3)4)17(12-16)23-20(28)19-24-21-22-14(5)11-15(6)27(21)25-19/h9-13H,7-8H2,1-6H3,(H,23,28). The van der Waals surface area contributed by atoms with Crippen LogP contribution >= 0.6 is 0 Å². The van der Waals surface area contributed by atoms with E-state index < -0.39 is 15.9 Å². The number of aryl methyl sites for hydroxylation is 2. The van der Waals surface area contributed by atoms with Gasteiger partial charge in [0, 0.05) is 24.5 Å². The number of sulfonamides is 1. The fourth-order valence-corrected chi connectivity index (χ4v) is 4.76. The Morgan fingerprint density at radius 3 is 2.47 bits per heavy atom. The predicted molar refractivity (Wildman–Crippen MR) is 121 cm³/mol. The van der Waals surface area contributed by atoms with E-state index in [1.807, 2.05) is 33.8 Å². The van der Waals surface area contributed by atoms with Crippen molar-refractivity contribution in [3.05, 3.63) is 41.5 Å². The molecule has 32 heavy (non-hydrogen) atoms. The second-order valence-corrected chi connectivity index (χ2v) is 9.49. The highest BCUT2D eigenvalue weighted by molar-refractivity contribution is 7.89. The summed E-state index contributed by atoms with van der Waals surface area (Å²) in [5.41, 5.74) is 1.77. The lowest BCUT2D eigenvalue weighted by molar-refractivity contribution is 0.101. The van der Waals surface area contributed by atoms with E-state index in [0.29, 0.717) is 24.6 Å². The number of ether oxygens (including phenoxy) is 1. The largest absolute Gasteiger partial charge is 0.489 e. The number of nitrogens with one attached hydrogen (secondary N) is 1. The van der Waals surface area contributed by atoms with Crippen LogP contribution in [0.25, 0.3) is 5.78 Å². The first-order valence-electron chi connectivity index (χ1n) is 10.4. The lowest BCUT2D eigenvalue weighted by Crippen LogP contribution is -2.30. The Morgan fingerprint density at radius 2 is 1.84 bits per heavy atom.